The van der Waals surface area contributed by atoms with Crippen molar-refractivity contribution in [2.24, 2.45) is 0 Å². The summed E-state index contributed by atoms with van der Waals surface area (Å²) in [7, 11) is 0. The summed E-state index contributed by atoms with van der Waals surface area (Å²) in [6.45, 7) is 0. The molecule has 1 amide bonds. The van der Waals surface area contributed by atoms with E-state index in [-0.39, 0.29) is 11.7 Å². The Morgan fingerprint density at radius 1 is 0.789 bits per heavy atom. The van der Waals surface area contributed by atoms with Crippen LogP contribution < -0.4 is 14.8 Å². The van der Waals surface area contributed by atoms with E-state index < -0.39 is 6.36 Å². The summed E-state index contributed by atoms with van der Waals surface area (Å²) in [5, 5.41) is 7.23. The molecule has 0 saturated carbocycles. The van der Waals surface area contributed by atoms with Gasteiger partial charge in [-0.3, -0.25) is 4.79 Å². The van der Waals surface area contributed by atoms with E-state index in [2.05, 4.69) is 20.1 Å². The highest BCUT2D eigenvalue weighted by molar-refractivity contribution is 6.04. The average Bonchev–Trinajstić information content (AvgIpc) is 3.40. The van der Waals surface area contributed by atoms with Crippen molar-refractivity contribution < 1.29 is 27.4 Å². The molecule has 0 aliphatic rings. The maximum Gasteiger partial charge on any atom is 0.573 e. The highest BCUT2D eigenvalue weighted by Crippen LogP contribution is 2.25. The molecule has 1 N–H and O–H groups in total. The van der Waals surface area contributed by atoms with Crippen molar-refractivity contribution in [1.82, 2.24) is 14.8 Å². The second-order valence-electron chi connectivity index (χ2n) is 8.03. The molecule has 0 fully saturated rings. The lowest BCUT2D eigenvalue weighted by atomic mass is 10.1. The number of alkyl halides is 3. The second kappa shape index (κ2) is 10.5. The lowest BCUT2D eigenvalue weighted by Crippen LogP contribution is -2.17. The zero-order chi connectivity index (χ0) is 26.5. The molecule has 5 rings (SSSR count). The predicted octanol–water partition coefficient (Wildman–Crippen LogP) is 6.88. The summed E-state index contributed by atoms with van der Waals surface area (Å²) >= 11 is 0. The van der Waals surface area contributed by atoms with Gasteiger partial charge in [-0.1, -0.05) is 24.3 Å². The highest BCUT2D eigenvalue weighted by atomic mass is 19.4. The standard InChI is InChI=1S/C28H19F3N4O3/c29-28(30,31)38-24-15-13-22(14-16-24)35-18-32-26(34-35)19-9-11-21(12-10-19)33-27(36)20-5-4-8-25(17-20)37-23-6-2-1-3-7-23/h1-18H,(H,33,36). The average molecular weight is 516 g/mol. The minimum atomic E-state index is -4.76. The minimum absolute atomic E-state index is 0.295. The number of aromatic nitrogens is 3. The van der Waals surface area contributed by atoms with E-state index in [4.69, 9.17) is 4.74 Å². The number of nitrogens with zero attached hydrogens (tertiary/aromatic N) is 3. The Kier molecular flexibility index (Phi) is 6.77. The van der Waals surface area contributed by atoms with E-state index in [1.807, 2.05) is 30.3 Å². The van der Waals surface area contributed by atoms with Crippen LogP contribution in [0.2, 0.25) is 0 Å². The molecule has 0 aliphatic heterocycles. The topological polar surface area (TPSA) is 78.3 Å². The van der Waals surface area contributed by atoms with Crippen LogP contribution in [0, 0.1) is 0 Å². The first-order valence-electron chi connectivity index (χ1n) is 11.3. The van der Waals surface area contributed by atoms with E-state index in [0.717, 1.165) is 0 Å². The molecule has 5 aromatic rings. The van der Waals surface area contributed by atoms with Crippen LogP contribution in [-0.2, 0) is 0 Å². The van der Waals surface area contributed by atoms with Gasteiger partial charge in [-0.15, -0.1) is 18.3 Å². The van der Waals surface area contributed by atoms with Gasteiger partial charge in [0.1, 0.15) is 23.6 Å². The van der Waals surface area contributed by atoms with E-state index in [0.29, 0.717) is 39.8 Å². The van der Waals surface area contributed by atoms with Gasteiger partial charge < -0.3 is 14.8 Å². The molecular formula is C28H19F3N4O3. The molecular weight excluding hydrogens is 497 g/mol. The van der Waals surface area contributed by atoms with Gasteiger partial charge in [0.15, 0.2) is 5.82 Å². The van der Waals surface area contributed by atoms with Gasteiger partial charge in [-0.25, -0.2) is 9.67 Å². The molecule has 1 aromatic heterocycles. The Morgan fingerprint density at radius 3 is 2.21 bits per heavy atom. The molecule has 0 unspecified atom stereocenters. The number of hydrogen-bond acceptors (Lipinski definition) is 5. The van der Waals surface area contributed by atoms with E-state index in [9.17, 15) is 18.0 Å². The van der Waals surface area contributed by atoms with Crippen molar-refractivity contribution in [3.63, 3.8) is 0 Å². The van der Waals surface area contributed by atoms with Crippen molar-refractivity contribution in [1.29, 1.82) is 0 Å². The van der Waals surface area contributed by atoms with E-state index >= 15 is 0 Å². The second-order valence-corrected chi connectivity index (χ2v) is 8.03. The number of rotatable bonds is 7. The van der Waals surface area contributed by atoms with Crippen molar-refractivity contribution in [2.45, 2.75) is 6.36 Å². The largest absolute Gasteiger partial charge is 0.573 e. The van der Waals surface area contributed by atoms with Gasteiger partial charge in [0, 0.05) is 16.8 Å². The van der Waals surface area contributed by atoms with Crippen LogP contribution in [0.25, 0.3) is 17.1 Å². The summed E-state index contributed by atoms with van der Waals surface area (Å²) in [6, 6.07) is 28.4. The summed E-state index contributed by atoms with van der Waals surface area (Å²) < 4.78 is 48.2. The monoisotopic (exact) mass is 516 g/mol. The van der Waals surface area contributed by atoms with Crippen LogP contribution in [-0.4, -0.2) is 27.0 Å². The zero-order valence-corrected chi connectivity index (χ0v) is 19.6. The Labute approximate surface area is 215 Å². The first-order valence-corrected chi connectivity index (χ1v) is 11.3. The molecule has 0 bridgehead atoms. The summed E-state index contributed by atoms with van der Waals surface area (Å²) in [6.07, 6.45) is -3.30. The lowest BCUT2D eigenvalue weighted by Gasteiger charge is -2.09. The molecule has 190 valence electrons. The molecule has 4 aromatic carbocycles. The van der Waals surface area contributed by atoms with Gasteiger partial charge in [0.25, 0.3) is 5.91 Å². The van der Waals surface area contributed by atoms with Crippen LogP contribution >= 0.6 is 0 Å². The fraction of sp³-hybridized carbons (Fsp3) is 0.0357. The molecule has 0 saturated heterocycles. The van der Waals surface area contributed by atoms with Crippen LogP contribution in [0.4, 0.5) is 18.9 Å². The molecule has 1 heterocycles. The Morgan fingerprint density at radius 2 is 1.50 bits per heavy atom. The highest BCUT2D eigenvalue weighted by Gasteiger charge is 2.31. The van der Waals surface area contributed by atoms with Crippen LogP contribution in [0.15, 0.2) is 109 Å². The van der Waals surface area contributed by atoms with Gasteiger partial charge in [0.05, 0.1) is 5.69 Å². The summed E-state index contributed by atoms with van der Waals surface area (Å²) in [5.74, 6) is 1.00. The third kappa shape index (κ3) is 6.16. The first-order chi connectivity index (χ1) is 18.3. The number of anilines is 1. The Bertz CT molecular complexity index is 1530. The van der Waals surface area contributed by atoms with Gasteiger partial charge in [0.2, 0.25) is 0 Å². The van der Waals surface area contributed by atoms with Gasteiger partial charge in [-0.2, -0.15) is 0 Å². The SMILES string of the molecule is O=C(Nc1ccc(-c2ncn(-c3ccc(OC(F)(F)F)cc3)n2)cc1)c1cccc(Oc2ccccc2)c1. The third-order valence-corrected chi connectivity index (χ3v) is 5.30. The fourth-order valence-electron chi connectivity index (χ4n) is 3.55. The lowest BCUT2D eigenvalue weighted by molar-refractivity contribution is -0.274. The normalized spacial score (nSPS) is 11.1. The molecule has 7 nitrogen and oxygen atoms in total. The van der Waals surface area contributed by atoms with Gasteiger partial charge >= 0.3 is 6.36 Å². The number of para-hydroxylation sites is 1. The molecule has 38 heavy (non-hydrogen) atoms. The fourth-order valence-corrected chi connectivity index (χ4v) is 3.55. The number of carbonyl (C=O) groups excluding carboxylic acids is 1. The number of ether oxygens (including phenoxy) is 2. The Balaban J connectivity index is 1.23. The van der Waals surface area contributed by atoms with Crippen molar-refractivity contribution in [3.05, 3.63) is 115 Å². The molecule has 10 heteroatoms. The van der Waals surface area contributed by atoms with Gasteiger partial charge in [-0.05, 0) is 78.9 Å². The molecule has 0 spiro atoms. The summed E-state index contributed by atoms with van der Waals surface area (Å²) in [5.41, 5.74) is 2.22. The predicted molar refractivity (Wildman–Crippen MR) is 134 cm³/mol. The third-order valence-electron chi connectivity index (χ3n) is 5.30. The van der Waals surface area contributed by atoms with Crippen molar-refractivity contribution >= 4 is 11.6 Å². The molecule has 0 radical (unpaired) electrons. The maximum absolute atomic E-state index is 12.8. The number of carbonyl (C=O) groups is 1. The van der Waals surface area contributed by atoms with Crippen LogP contribution in [0.3, 0.4) is 0 Å². The molecule has 0 aliphatic carbocycles. The smallest absolute Gasteiger partial charge is 0.457 e. The Hall–Kier alpha value is -5.12. The van der Waals surface area contributed by atoms with Crippen LogP contribution in [0.1, 0.15) is 10.4 Å². The maximum atomic E-state index is 12.8. The molecule has 0 atom stereocenters. The quantitative estimate of drug-likeness (QED) is 0.255. The van der Waals surface area contributed by atoms with Crippen LogP contribution in [0.5, 0.6) is 17.2 Å². The van der Waals surface area contributed by atoms with Crippen molar-refractivity contribution in [2.75, 3.05) is 5.32 Å². The summed E-state index contributed by atoms with van der Waals surface area (Å²) in [4.78, 5) is 17.0. The number of benzene rings is 4. The minimum Gasteiger partial charge on any atom is -0.457 e. The van der Waals surface area contributed by atoms with Crippen molar-refractivity contribution in [3.8, 4) is 34.3 Å². The first kappa shape index (κ1) is 24.6. The number of amides is 1. The van der Waals surface area contributed by atoms with E-state index in [1.54, 1.807) is 48.5 Å². The number of halogens is 3. The van der Waals surface area contributed by atoms with E-state index in [1.165, 1.54) is 35.3 Å². The number of nitrogens with one attached hydrogen (secondary N) is 1. The number of hydrogen-bond donors (Lipinski definition) is 1. The zero-order valence-electron chi connectivity index (χ0n) is 19.6.